The molecule has 32 heavy (non-hydrogen) atoms. The first-order valence-corrected chi connectivity index (χ1v) is 11.6. The van der Waals surface area contributed by atoms with Crippen LogP contribution in [0.2, 0.25) is 0 Å². The van der Waals surface area contributed by atoms with Crippen LogP contribution in [0.25, 0.3) is 0 Å². The van der Waals surface area contributed by atoms with E-state index in [2.05, 4.69) is 29.0 Å². The molecule has 1 aliphatic rings. The Morgan fingerprint density at radius 1 is 0.969 bits per heavy atom. The lowest BCUT2D eigenvalue weighted by Crippen LogP contribution is -2.48. The first-order chi connectivity index (χ1) is 15.5. The molecule has 172 valence electrons. The molecule has 1 atom stereocenters. The van der Waals surface area contributed by atoms with E-state index >= 15 is 0 Å². The minimum absolute atomic E-state index is 0.177. The van der Waals surface area contributed by atoms with Gasteiger partial charge in [0.2, 0.25) is 0 Å². The fourth-order valence-electron chi connectivity index (χ4n) is 4.04. The molecule has 1 aliphatic heterocycles. The van der Waals surface area contributed by atoms with Gasteiger partial charge in [0.15, 0.2) is 0 Å². The number of carbonyl (C=O) groups is 2. The van der Waals surface area contributed by atoms with Crippen molar-refractivity contribution in [2.24, 2.45) is 5.92 Å². The van der Waals surface area contributed by atoms with Gasteiger partial charge in [-0.25, -0.2) is 0 Å². The number of rotatable bonds is 9. The van der Waals surface area contributed by atoms with Gasteiger partial charge in [-0.15, -0.1) is 0 Å². The summed E-state index contributed by atoms with van der Waals surface area (Å²) in [7, 11) is 0. The summed E-state index contributed by atoms with van der Waals surface area (Å²) >= 11 is 0. The minimum Gasteiger partial charge on any atom is -0.466 e. The number of anilines is 1. The van der Waals surface area contributed by atoms with Gasteiger partial charge in [0.05, 0.1) is 12.5 Å². The van der Waals surface area contributed by atoms with Crippen molar-refractivity contribution in [3.8, 4) is 0 Å². The number of nitrogens with one attached hydrogen (secondary N) is 1. The average Bonchev–Trinajstić information content (AvgIpc) is 2.82. The molecule has 0 aliphatic carbocycles. The van der Waals surface area contributed by atoms with Crippen LogP contribution in [0.4, 0.5) is 5.69 Å². The van der Waals surface area contributed by atoms with Gasteiger partial charge in [-0.2, -0.15) is 0 Å². The summed E-state index contributed by atoms with van der Waals surface area (Å²) in [6, 6.07) is 18.1. The van der Waals surface area contributed by atoms with Crippen molar-refractivity contribution >= 4 is 17.6 Å². The highest BCUT2D eigenvalue weighted by molar-refractivity contribution is 5.94. The van der Waals surface area contributed by atoms with Crippen LogP contribution in [-0.2, 0) is 16.0 Å². The van der Waals surface area contributed by atoms with E-state index in [1.54, 1.807) is 6.92 Å². The zero-order valence-corrected chi connectivity index (χ0v) is 19.4. The first-order valence-electron chi connectivity index (χ1n) is 11.6. The van der Waals surface area contributed by atoms with Crippen LogP contribution in [0, 0.1) is 5.92 Å². The van der Waals surface area contributed by atoms with Crippen LogP contribution >= 0.6 is 0 Å². The van der Waals surface area contributed by atoms with Gasteiger partial charge in [0.25, 0.3) is 5.91 Å². The molecule has 0 saturated carbocycles. The van der Waals surface area contributed by atoms with E-state index in [-0.39, 0.29) is 18.4 Å². The predicted molar refractivity (Wildman–Crippen MR) is 128 cm³/mol. The lowest BCUT2D eigenvalue weighted by atomic mass is 9.99. The van der Waals surface area contributed by atoms with Crippen molar-refractivity contribution in [3.05, 3.63) is 65.7 Å². The fourth-order valence-corrected chi connectivity index (χ4v) is 4.04. The number of piperazine rings is 1. The first kappa shape index (κ1) is 23.8. The number of amides is 1. The molecule has 1 saturated heterocycles. The van der Waals surface area contributed by atoms with Crippen molar-refractivity contribution in [2.75, 3.05) is 44.2 Å². The third kappa shape index (κ3) is 6.57. The van der Waals surface area contributed by atoms with E-state index in [0.29, 0.717) is 24.6 Å². The normalized spacial score (nSPS) is 15.4. The summed E-state index contributed by atoms with van der Waals surface area (Å²) in [6.45, 7) is 10.9. The molecule has 0 spiro atoms. The van der Waals surface area contributed by atoms with E-state index in [9.17, 15) is 9.59 Å². The maximum absolute atomic E-state index is 12.7. The third-order valence-corrected chi connectivity index (χ3v) is 5.99. The van der Waals surface area contributed by atoms with Gasteiger partial charge in [-0.1, -0.05) is 30.3 Å². The zero-order chi connectivity index (χ0) is 22.9. The summed E-state index contributed by atoms with van der Waals surface area (Å²) in [4.78, 5) is 29.9. The molecule has 1 unspecified atom stereocenters. The van der Waals surface area contributed by atoms with Gasteiger partial charge >= 0.3 is 5.97 Å². The Morgan fingerprint density at radius 2 is 1.62 bits per heavy atom. The Morgan fingerprint density at radius 3 is 2.22 bits per heavy atom. The van der Waals surface area contributed by atoms with Crippen molar-refractivity contribution in [3.63, 3.8) is 0 Å². The number of carbonyl (C=O) groups excluding carboxylic acids is 2. The molecule has 3 rings (SSSR count). The van der Waals surface area contributed by atoms with Crippen LogP contribution in [0.5, 0.6) is 0 Å². The number of ether oxygens (including phenoxy) is 1. The highest BCUT2D eigenvalue weighted by Gasteiger charge is 2.22. The standard InChI is InChI=1S/C26H35N3O3/c1-4-32-26(31)23(18-21-8-6-5-7-9-21)19-27-25(30)22-10-12-24(13-11-22)29-16-14-28(15-17-29)20(2)3/h5-13,20,23H,4,14-19H2,1-3H3,(H,27,30). The highest BCUT2D eigenvalue weighted by Crippen LogP contribution is 2.18. The second-order valence-electron chi connectivity index (χ2n) is 8.51. The van der Waals surface area contributed by atoms with E-state index < -0.39 is 5.92 Å². The molecule has 6 heteroatoms. The van der Waals surface area contributed by atoms with Crippen LogP contribution < -0.4 is 10.2 Å². The summed E-state index contributed by atoms with van der Waals surface area (Å²) in [6.07, 6.45) is 0.529. The number of hydrogen-bond acceptors (Lipinski definition) is 5. The summed E-state index contributed by atoms with van der Waals surface area (Å²) < 4.78 is 5.22. The maximum Gasteiger partial charge on any atom is 0.311 e. The van der Waals surface area contributed by atoms with Crippen LogP contribution in [-0.4, -0.2) is 62.1 Å². The number of benzene rings is 2. The molecule has 0 radical (unpaired) electrons. The van der Waals surface area contributed by atoms with Crippen molar-refractivity contribution in [1.82, 2.24) is 10.2 Å². The molecule has 1 amide bonds. The lowest BCUT2D eigenvalue weighted by molar-refractivity contribution is -0.147. The third-order valence-electron chi connectivity index (χ3n) is 5.99. The summed E-state index contributed by atoms with van der Waals surface area (Å²) in [5.41, 5.74) is 2.78. The van der Waals surface area contributed by atoms with E-state index in [0.717, 1.165) is 37.4 Å². The quantitative estimate of drug-likeness (QED) is 0.610. The Bertz CT molecular complexity index is 860. The minimum atomic E-state index is -0.419. The van der Waals surface area contributed by atoms with E-state index in [1.807, 2.05) is 54.6 Å². The molecule has 0 aromatic heterocycles. The molecule has 2 aromatic rings. The smallest absolute Gasteiger partial charge is 0.311 e. The molecule has 1 fully saturated rings. The second-order valence-corrected chi connectivity index (χ2v) is 8.51. The van der Waals surface area contributed by atoms with Crippen LogP contribution in [0.1, 0.15) is 36.7 Å². The lowest BCUT2D eigenvalue weighted by Gasteiger charge is -2.38. The molecule has 1 heterocycles. The van der Waals surface area contributed by atoms with Gasteiger partial charge in [-0.05, 0) is 57.0 Å². The molecular formula is C26H35N3O3. The van der Waals surface area contributed by atoms with Gasteiger partial charge in [-0.3, -0.25) is 14.5 Å². The number of hydrogen-bond donors (Lipinski definition) is 1. The highest BCUT2D eigenvalue weighted by atomic mass is 16.5. The molecular weight excluding hydrogens is 402 g/mol. The Balaban J connectivity index is 1.56. The fraction of sp³-hybridized carbons (Fsp3) is 0.462. The Hall–Kier alpha value is -2.86. The van der Waals surface area contributed by atoms with Gasteiger partial charge in [0, 0.05) is 50.0 Å². The number of nitrogens with zero attached hydrogens (tertiary/aromatic N) is 2. The van der Waals surface area contributed by atoms with Crippen molar-refractivity contribution in [1.29, 1.82) is 0 Å². The molecule has 1 N–H and O–H groups in total. The zero-order valence-electron chi connectivity index (χ0n) is 19.4. The number of esters is 1. The monoisotopic (exact) mass is 437 g/mol. The van der Waals surface area contributed by atoms with Crippen molar-refractivity contribution < 1.29 is 14.3 Å². The molecule has 6 nitrogen and oxygen atoms in total. The SMILES string of the molecule is CCOC(=O)C(CNC(=O)c1ccc(N2CCN(C(C)C)CC2)cc1)Cc1ccccc1. The Labute approximate surface area is 191 Å². The largest absolute Gasteiger partial charge is 0.466 e. The average molecular weight is 438 g/mol. The van der Waals surface area contributed by atoms with E-state index in [4.69, 9.17) is 4.74 Å². The summed E-state index contributed by atoms with van der Waals surface area (Å²) in [5.74, 6) is -0.881. The Kier molecular flexibility index (Phi) is 8.68. The maximum atomic E-state index is 12.7. The van der Waals surface area contributed by atoms with Crippen LogP contribution in [0.15, 0.2) is 54.6 Å². The van der Waals surface area contributed by atoms with E-state index in [1.165, 1.54) is 0 Å². The second kappa shape index (κ2) is 11.7. The van der Waals surface area contributed by atoms with Gasteiger partial charge in [0.1, 0.15) is 0 Å². The summed E-state index contributed by atoms with van der Waals surface area (Å²) in [5, 5.41) is 2.92. The van der Waals surface area contributed by atoms with Crippen LogP contribution in [0.3, 0.4) is 0 Å². The molecule has 0 bridgehead atoms. The molecule has 2 aromatic carbocycles. The van der Waals surface area contributed by atoms with Gasteiger partial charge < -0.3 is 15.0 Å². The van der Waals surface area contributed by atoms with Crippen molar-refractivity contribution in [2.45, 2.75) is 33.2 Å². The topological polar surface area (TPSA) is 61.9 Å². The predicted octanol–water partition coefficient (Wildman–Crippen LogP) is 3.37.